The fraction of sp³-hybridized carbons (Fsp3) is 0.400. The van der Waals surface area contributed by atoms with Crippen LogP contribution in [0.15, 0.2) is 23.3 Å². The fourth-order valence-electron chi connectivity index (χ4n) is 2.15. The van der Waals surface area contributed by atoms with Crippen LogP contribution in [-0.4, -0.2) is 23.3 Å². The van der Waals surface area contributed by atoms with Gasteiger partial charge in [0.1, 0.15) is 0 Å². The molecule has 1 unspecified atom stereocenters. The minimum Gasteiger partial charge on any atom is -0.481 e. The molecule has 0 amide bonds. The summed E-state index contributed by atoms with van der Waals surface area (Å²) in [5, 5.41) is 1.05. The summed E-state index contributed by atoms with van der Waals surface area (Å²) in [4.78, 5) is 13.2. The molecule has 1 atom stereocenters. The SMILES string of the molecule is CC=Nc1cnc2nc(OC)ccc2c1C(C)CC. The van der Waals surface area contributed by atoms with E-state index in [2.05, 4.69) is 28.8 Å². The zero-order chi connectivity index (χ0) is 13.8. The molecule has 4 nitrogen and oxygen atoms in total. The molecule has 4 heteroatoms. The van der Waals surface area contributed by atoms with Crippen molar-refractivity contribution < 1.29 is 4.74 Å². The van der Waals surface area contributed by atoms with Gasteiger partial charge in [0.2, 0.25) is 5.88 Å². The number of pyridine rings is 2. The minimum absolute atomic E-state index is 0.416. The van der Waals surface area contributed by atoms with E-state index in [0.29, 0.717) is 17.4 Å². The highest BCUT2D eigenvalue weighted by Gasteiger charge is 2.14. The zero-order valence-corrected chi connectivity index (χ0v) is 11.8. The molecular weight excluding hydrogens is 238 g/mol. The summed E-state index contributed by atoms with van der Waals surface area (Å²) in [7, 11) is 1.61. The Hall–Kier alpha value is -1.97. The van der Waals surface area contributed by atoms with E-state index in [1.165, 1.54) is 5.56 Å². The molecule has 0 aromatic carbocycles. The second-order valence-corrected chi connectivity index (χ2v) is 4.48. The lowest BCUT2D eigenvalue weighted by molar-refractivity contribution is 0.399. The van der Waals surface area contributed by atoms with E-state index in [9.17, 15) is 0 Å². The topological polar surface area (TPSA) is 47.4 Å². The summed E-state index contributed by atoms with van der Waals surface area (Å²) >= 11 is 0. The highest BCUT2D eigenvalue weighted by molar-refractivity contribution is 5.85. The van der Waals surface area contributed by atoms with E-state index in [0.717, 1.165) is 17.5 Å². The number of rotatable bonds is 4. The van der Waals surface area contributed by atoms with Crippen LogP contribution in [0.4, 0.5) is 5.69 Å². The van der Waals surface area contributed by atoms with Crippen molar-refractivity contribution in [3.05, 3.63) is 23.9 Å². The molecule has 100 valence electrons. The highest BCUT2D eigenvalue weighted by Crippen LogP contribution is 2.34. The largest absolute Gasteiger partial charge is 0.481 e. The van der Waals surface area contributed by atoms with E-state index in [4.69, 9.17) is 4.74 Å². The van der Waals surface area contributed by atoms with Crippen molar-refractivity contribution in [3.8, 4) is 5.88 Å². The standard InChI is InChI=1S/C15H19N3O/c1-5-10(3)14-11-7-8-13(19-4)18-15(11)17-9-12(14)16-6-2/h6-10H,5H2,1-4H3. The van der Waals surface area contributed by atoms with Gasteiger partial charge in [0.25, 0.3) is 0 Å². The number of aliphatic imine (C=N–C) groups is 1. The smallest absolute Gasteiger partial charge is 0.215 e. The van der Waals surface area contributed by atoms with E-state index >= 15 is 0 Å². The third kappa shape index (κ3) is 2.57. The van der Waals surface area contributed by atoms with Crippen molar-refractivity contribution >= 4 is 22.9 Å². The third-order valence-electron chi connectivity index (χ3n) is 3.31. The Morgan fingerprint density at radius 1 is 1.42 bits per heavy atom. The van der Waals surface area contributed by atoms with Gasteiger partial charge in [0.15, 0.2) is 5.65 Å². The van der Waals surface area contributed by atoms with E-state index < -0.39 is 0 Å². The van der Waals surface area contributed by atoms with Crippen LogP contribution in [0.5, 0.6) is 5.88 Å². The number of methoxy groups -OCH3 is 1. The molecule has 0 saturated heterocycles. The maximum Gasteiger partial charge on any atom is 0.215 e. The van der Waals surface area contributed by atoms with Crippen LogP contribution in [0.1, 0.15) is 38.7 Å². The van der Waals surface area contributed by atoms with Gasteiger partial charge >= 0.3 is 0 Å². The molecule has 0 radical (unpaired) electrons. The van der Waals surface area contributed by atoms with Crippen LogP contribution in [0, 0.1) is 0 Å². The summed E-state index contributed by atoms with van der Waals surface area (Å²) in [5.41, 5.74) is 2.85. The Labute approximate surface area is 113 Å². The maximum absolute atomic E-state index is 5.15. The lowest BCUT2D eigenvalue weighted by atomic mass is 9.95. The average molecular weight is 257 g/mol. The van der Waals surface area contributed by atoms with Crippen LogP contribution in [-0.2, 0) is 0 Å². The van der Waals surface area contributed by atoms with Gasteiger partial charge in [0, 0.05) is 17.7 Å². The first kappa shape index (κ1) is 13.5. The molecular formula is C15H19N3O. The third-order valence-corrected chi connectivity index (χ3v) is 3.31. The Bertz CT molecular complexity index is 608. The summed E-state index contributed by atoms with van der Waals surface area (Å²) < 4.78 is 5.15. The molecule has 0 bridgehead atoms. The van der Waals surface area contributed by atoms with Crippen LogP contribution in [0.2, 0.25) is 0 Å². The number of hydrogen-bond donors (Lipinski definition) is 0. The van der Waals surface area contributed by atoms with Gasteiger partial charge in [-0.1, -0.05) is 13.8 Å². The molecule has 2 heterocycles. The second-order valence-electron chi connectivity index (χ2n) is 4.48. The number of fused-ring (bicyclic) bond motifs is 1. The summed E-state index contributed by atoms with van der Waals surface area (Å²) in [5.74, 6) is 1.00. The van der Waals surface area contributed by atoms with Crippen LogP contribution < -0.4 is 4.74 Å². The number of hydrogen-bond acceptors (Lipinski definition) is 4. The zero-order valence-electron chi connectivity index (χ0n) is 11.8. The van der Waals surface area contributed by atoms with Gasteiger partial charge in [0.05, 0.1) is 19.0 Å². The van der Waals surface area contributed by atoms with Crippen molar-refractivity contribution in [3.63, 3.8) is 0 Å². The van der Waals surface area contributed by atoms with E-state index in [1.54, 1.807) is 19.5 Å². The van der Waals surface area contributed by atoms with Crippen molar-refractivity contribution in [2.24, 2.45) is 4.99 Å². The Kier molecular flexibility index (Phi) is 4.10. The molecule has 0 saturated carbocycles. The van der Waals surface area contributed by atoms with E-state index in [-0.39, 0.29) is 0 Å². The molecule has 0 aliphatic rings. The molecule has 19 heavy (non-hydrogen) atoms. The van der Waals surface area contributed by atoms with Gasteiger partial charge in [-0.05, 0) is 30.9 Å². The molecule has 2 aromatic heterocycles. The van der Waals surface area contributed by atoms with Gasteiger partial charge in [-0.2, -0.15) is 4.98 Å². The molecule has 2 rings (SSSR count). The van der Waals surface area contributed by atoms with Gasteiger partial charge in [-0.15, -0.1) is 0 Å². The summed E-state index contributed by atoms with van der Waals surface area (Å²) in [6.45, 7) is 6.29. The van der Waals surface area contributed by atoms with Crippen molar-refractivity contribution in [1.29, 1.82) is 0 Å². The van der Waals surface area contributed by atoms with Gasteiger partial charge < -0.3 is 4.74 Å². The fourth-order valence-corrected chi connectivity index (χ4v) is 2.15. The molecule has 0 aliphatic carbocycles. The van der Waals surface area contributed by atoms with Crippen molar-refractivity contribution in [1.82, 2.24) is 9.97 Å². The molecule has 0 spiro atoms. The number of nitrogens with zero attached hydrogens (tertiary/aromatic N) is 3. The lowest BCUT2D eigenvalue weighted by Crippen LogP contribution is -1.98. The van der Waals surface area contributed by atoms with Crippen molar-refractivity contribution in [2.75, 3.05) is 7.11 Å². The maximum atomic E-state index is 5.15. The minimum atomic E-state index is 0.416. The Morgan fingerprint density at radius 2 is 2.21 bits per heavy atom. The molecule has 2 aromatic rings. The lowest BCUT2D eigenvalue weighted by Gasteiger charge is -2.15. The normalized spacial score (nSPS) is 13.1. The first-order chi connectivity index (χ1) is 9.21. The molecule has 0 fully saturated rings. The second kappa shape index (κ2) is 5.78. The monoisotopic (exact) mass is 257 g/mol. The van der Waals surface area contributed by atoms with Crippen LogP contribution in [0.3, 0.4) is 0 Å². The highest BCUT2D eigenvalue weighted by atomic mass is 16.5. The van der Waals surface area contributed by atoms with Gasteiger partial charge in [-0.25, -0.2) is 4.98 Å². The number of ether oxygens (including phenoxy) is 1. The van der Waals surface area contributed by atoms with Crippen LogP contribution >= 0.6 is 0 Å². The summed E-state index contributed by atoms with van der Waals surface area (Å²) in [6, 6.07) is 3.89. The Morgan fingerprint density at radius 3 is 2.84 bits per heavy atom. The predicted molar refractivity (Wildman–Crippen MR) is 78.6 cm³/mol. The first-order valence-corrected chi connectivity index (χ1v) is 6.53. The number of aromatic nitrogens is 2. The van der Waals surface area contributed by atoms with E-state index in [1.807, 2.05) is 19.1 Å². The molecule has 0 N–H and O–H groups in total. The van der Waals surface area contributed by atoms with Gasteiger partial charge in [-0.3, -0.25) is 4.99 Å². The predicted octanol–water partition coefficient (Wildman–Crippen LogP) is 3.87. The van der Waals surface area contributed by atoms with Crippen molar-refractivity contribution in [2.45, 2.75) is 33.1 Å². The average Bonchev–Trinajstić information content (AvgIpc) is 2.46. The quantitative estimate of drug-likeness (QED) is 0.781. The summed E-state index contributed by atoms with van der Waals surface area (Å²) in [6.07, 6.45) is 4.64. The van der Waals surface area contributed by atoms with Crippen LogP contribution in [0.25, 0.3) is 11.0 Å². The first-order valence-electron chi connectivity index (χ1n) is 6.53. The molecule has 0 aliphatic heterocycles. The Balaban J connectivity index is 2.72.